The van der Waals surface area contributed by atoms with Crippen LogP contribution in [0.4, 0.5) is 23.3 Å². The molecule has 0 atom stereocenters. The van der Waals surface area contributed by atoms with Crippen LogP contribution >= 0.6 is 11.3 Å². The van der Waals surface area contributed by atoms with Crippen molar-refractivity contribution >= 4 is 55.5 Å². The number of anilines is 4. The van der Waals surface area contributed by atoms with Crippen molar-refractivity contribution in [1.82, 2.24) is 14.8 Å². The van der Waals surface area contributed by atoms with Crippen molar-refractivity contribution < 1.29 is 4.74 Å². The fraction of sp³-hybridized carbons (Fsp3) is 0.200. The van der Waals surface area contributed by atoms with E-state index in [1.54, 1.807) is 11.3 Å². The largest absolute Gasteiger partial charge is 0.479 e. The first-order valence-electron chi connectivity index (χ1n) is 11.4. The minimum Gasteiger partial charge on any atom is -0.479 e. The molecule has 3 heterocycles. The first-order valence-corrected chi connectivity index (χ1v) is 12.2. The summed E-state index contributed by atoms with van der Waals surface area (Å²) in [6, 6.07) is 18.0. The Morgan fingerprint density at radius 1 is 1.00 bits per heavy atom. The summed E-state index contributed by atoms with van der Waals surface area (Å²) in [5.74, 6) is 2.79. The van der Waals surface area contributed by atoms with E-state index in [1.165, 1.54) is 15.0 Å². The van der Waals surface area contributed by atoms with Crippen molar-refractivity contribution in [3.8, 4) is 11.4 Å². The van der Waals surface area contributed by atoms with Crippen LogP contribution in [0.15, 0.2) is 54.6 Å². The summed E-state index contributed by atoms with van der Waals surface area (Å²) in [4.78, 5) is 1.19. The lowest BCUT2D eigenvalue weighted by atomic mass is 10.2. The summed E-state index contributed by atoms with van der Waals surface area (Å²) in [6.45, 7) is 4.71. The summed E-state index contributed by atoms with van der Waals surface area (Å²) >= 11 is 1.74. The van der Waals surface area contributed by atoms with Gasteiger partial charge in [0.15, 0.2) is 11.6 Å². The molecule has 182 valence electrons. The zero-order valence-corrected chi connectivity index (χ0v) is 20.8. The normalized spacial score (nSPS) is 10.7. The Balaban J connectivity index is 0.00000141. The van der Waals surface area contributed by atoms with Crippen LogP contribution < -0.4 is 32.6 Å². The molecule has 0 saturated heterocycles. The number of nitrogens with one attached hydrogen (secondary N) is 2. The van der Waals surface area contributed by atoms with E-state index < -0.39 is 0 Å². The second-order valence-corrected chi connectivity index (χ2v) is 8.58. The quantitative estimate of drug-likeness (QED) is 0.205. The minimum absolute atomic E-state index is 0.110. The van der Waals surface area contributed by atoms with E-state index in [2.05, 4.69) is 39.0 Å². The lowest BCUT2D eigenvalue weighted by Gasteiger charge is -2.12. The average Bonchev–Trinajstić information content (AvgIpc) is 3.44. The van der Waals surface area contributed by atoms with Crippen molar-refractivity contribution in [2.45, 2.75) is 20.4 Å². The number of benzene rings is 2. The van der Waals surface area contributed by atoms with Crippen molar-refractivity contribution in [1.29, 1.82) is 0 Å². The van der Waals surface area contributed by atoms with Crippen LogP contribution in [0.5, 0.6) is 5.75 Å². The second-order valence-electron chi connectivity index (χ2n) is 7.41. The van der Waals surface area contributed by atoms with Crippen LogP contribution in [-0.4, -0.2) is 28.5 Å². The molecule has 0 bridgehead atoms. The van der Waals surface area contributed by atoms with Crippen LogP contribution in [0, 0.1) is 0 Å². The summed E-state index contributed by atoms with van der Waals surface area (Å²) < 4.78 is 8.49. The predicted molar refractivity (Wildman–Crippen MR) is 147 cm³/mol. The van der Waals surface area contributed by atoms with Crippen LogP contribution in [0.1, 0.15) is 18.7 Å². The third kappa shape index (κ3) is 4.53. The van der Waals surface area contributed by atoms with Gasteiger partial charge in [0.1, 0.15) is 24.1 Å². The number of nitrogen functional groups attached to an aromatic ring is 2. The van der Waals surface area contributed by atoms with Crippen molar-refractivity contribution in [2.75, 3.05) is 35.9 Å². The summed E-state index contributed by atoms with van der Waals surface area (Å²) in [5, 5.41) is 17.8. The van der Waals surface area contributed by atoms with Gasteiger partial charge in [0.25, 0.3) is 0 Å². The Morgan fingerprint density at radius 3 is 2.43 bits per heavy atom. The number of hydrogen-bond acceptors (Lipinski definition) is 9. The van der Waals surface area contributed by atoms with Gasteiger partial charge in [-0.2, -0.15) is 0 Å². The Labute approximate surface area is 207 Å². The van der Waals surface area contributed by atoms with Gasteiger partial charge in [0, 0.05) is 22.3 Å². The number of nitrogens with zero attached hydrogens (tertiary/aromatic N) is 3. The van der Waals surface area contributed by atoms with Crippen molar-refractivity contribution in [3.05, 3.63) is 59.5 Å². The number of thiophene rings is 1. The molecule has 2 aromatic carbocycles. The average molecular weight is 491 g/mol. The van der Waals surface area contributed by atoms with Crippen LogP contribution in [0.3, 0.4) is 0 Å². The van der Waals surface area contributed by atoms with E-state index >= 15 is 0 Å². The molecule has 0 aliphatic rings. The molecule has 9 nitrogen and oxygen atoms in total. The van der Waals surface area contributed by atoms with Gasteiger partial charge in [-0.25, -0.2) is 0 Å². The molecular weight excluding hydrogens is 460 g/mol. The molecular formula is C25H30N8OS. The molecule has 0 aliphatic heterocycles. The standard InChI is InChI=1S/C23H24N8OS.C2H6/c1-27-23-19-18(21(26)31(23)14-6-8-15(9-7-14)32-12-24)20(25)29-30-22(19)28-11-16-10-13-4-2-3-5-17(13)33-16;1-2/h2-10,27H,11-12,24,26H2,1H3,(H2,25,29)(H,28,30);1-2H3. The molecule has 0 aliphatic carbocycles. The number of ether oxygens (including phenoxy) is 1. The fourth-order valence-corrected chi connectivity index (χ4v) is 5.00. The first kappa shape index (κ1) is 24.1. The van der Waals surface area contributed by atoms with E-state index in [0.717, 1.165) is 16.9 Å². The number of rotatable bonds is 7. The molecule has 0 fully saturated rings. The molecule has 0 saturated carbocycles. The Morgan fingerprint density at radius 2 is 1.74 bits per heavy atom. The van der Waals surface area contributed by atoms with Gasteiger partial charge in [0.05, 0.1) is 17.3 Å². The van der Waals surface area contributed by atoms with E-state index in [-0.39, 0.29) is 12.5 Å². The number of hydrogen-bond donors (Lipinski definition) is 5. The zero-order valence-electron chi connectivity index (χ0n) is 20.0. The molecule has 5 aromatic rings. The van der Waals surface area contributed by atoms with E-state index in [4.69, 9.17) is 21.9 Å². The molecule has 0 spiro atoms. The van der Waals surface area contributed by atoms with Crippen LogP contribution in [0.2, 0.25) is 0 Å². The number of nitrogens with two attached hydrogens (primary N) is 3. The highest BCUT2D eigenvalue weighted by atomic mass is 32.1. The van der Waals surface area contributed by atoms with Gasteiger partial charge in [-0.3, -0.25) is 10.3 Å². The SMILES string of the molecule is CC.CNc1c2c(NCc3cc4ccccc4s3)nnc(N)c2c(N)n1-c1ccc(OCN)cc1. The second kappa shape index (κ2) is 10.5. The molecule has 0 radical (unpaired) electrons. The van der Waals surface area contributed by atoms with E-state index in [1.807, 2.05) is 61.9 Å². The summed E-state index contributed by atoms with van der Waals surface area (Å²) in [5.41, 5.74) is 19.1. The Hall–Kier alpha value is -4.02. The van der Waals surface area contributed by atoms with E-state index in [9.17, 15) is 0 Å². The molecule has 5 rings (SSSR count). The highest BCUT2D eigenvalue weighted by Gasteiger charge is 2.22. The van der Waals surface area contributed by atoms with Crippen molar-refractivity contribution in [2.24, 2.45) is 5.73 Å². The first-order chi connectivity index (χ1) is 17.1. The lowest BCUT2D eigenvalue weighted by Crippen LogP contribution is -2.08. The monoisotopic (exact) mass is 490 g/mol. The van der Waals surface area contributed by atoms with Crippen LogP contribution in [0.25, 0.3) is 26.5 Å². The van der Waals surface area contributed by atoms with Crippen molar-refractivity contribution in [3.63, 3.8) is 0 Å². The van der Waals surface area contributed by atoms with Gasteiger partial charge in [0.2, 0.25) is 0 Å². The Bertz CT molecular complexity index is 1410. The highest BCUT2D eigenvalue weighted by molar-refractivity contribution is 7.19. The minimum atomic E-state index is 0.110. The molecule has 35 heavy (non-hydrogen) atoms. The van der Waals surface area contributed by atoms with Gasteiger partial charge < -0.3 is 26.8 Å². The molecule has 10 heteroatoms. The van der Waals surface area contributed by atoms with Gasteiger partial charge in [-0.05, 0) is 41.8 Å². The maximum atomic E-state index is 6.57. The van der Waals surface area contributed by atoms with Gasteiger partial charge >= 0.3 is 0 Å². The van der Waals surface area contributed by atoms with Crippen LogP contribution in [-0.2, 0) is 6.54 Å². The fourth-order valence-electron chi connectivity index (χ4n) is 4.00. The lowest BCUT2D eigenvalue weighted by molar-refractivity contribution is 0.329. The zero-order chi connectivity index (χ0) is 24.9. The molecule has 0 amide bonds. The maximum absolute atomic E-state index is 6.57. The number of fused-ring (bicyclic) bond motifs is 2. The maximum Gasteiger partial charge on any atom is 0.160 e. The highest BCUT2D eigenvalue weighted by Crippen LogP contribution is 2.41. The smallest absolute Gasteiger partial charge is 0.160 e. The molecule has 0 unspecified atom stereocenters. The summed E-state index contributed by atoms with van der Waals surface area (Å²) in [6.07, 6.45) is 0. The van der Waals surface area contributed by atoms with E-state index in [0.29, 0.717) is 29.3 Å². The Kier molecular flexibility index (Phi) is 7.23. The third-order valence-electron chi connectivity index (χ3n) is 5.45. The predicted octanol–water partition coefficient (Wildman–Crippen LogP) is 4.77. The summed E-state index contributed by atoms with van der Waals surface area (Å²) in [7, 11) is 1.84. The topological polar surface area (TPSA) is 142 Å². The molecule has 3 aromatic heterocycles. The molecule has 8 N–H and O–H groups in total. The van der Waals surface area contributed by atoms with Gasteiger partial charge in [-0.15, -0.1) is 21.5 Å². The third-order valence-corrected chi connectivity index (χ3v) is 6.56. The number of aromatic nitrogens is 3. The van der Waals surface area contributed by atoms with Gasteiger partial charge in [-0.1, -0.05) is 32.0 Å².